The highest BCUT2D eigenvalue weighted by atomic mass is 35.5. The molecule has 29 heavy (non-hydrogen) atoms. The molecule has 1 N–H and O–H groups in total. The van der Waals surface area contributed by atoms with Crippen molar-refractivity contribution in [3.05, 3.63) is 87.4 Å². The van der Waals surface area contributed by atoms with Crippen LogP contribution in [0.3, 0.4) is 0 Å². The summed E-state index contributed by atoms with van der Waals surface area (Å²) in [6, 6.07) is 16.5. The van der Waals surface area contributed by atoms with Crippen molar-refractivity contribution in [2.75, 3.05) is 7.11 Å². The minimum absolute atomic E-state index is 0.0876. The number of fused-ring (bicyclic) bond motifs is 1. The smallest absolute Gasteiger partial charge is 0.259 e. The number of para-hydroxylation sites is 2. The zero-order valence-corrected chi connectivity index (χ0v) is 16.2. The Morgan fingerprint density at radius 2 is 1.93 bits per heavy atom. The predicted molar refractivity (Wildman–Crippen MR) is 110 cm³/mol. The van der Waals surface area contributed by atoms with Crippen LogP contribution in [0.15, 0.2) is 65.5 Å². The lowest BCUT2D eigenvalue weighted by Crippen LogP contribution is -2.10. The van der Waals surface area contributed by atoms with E-state index in [1.807, 2.05) is 6.07 Å². The molecule has 0 bridgehead atoms. The Labute approximate surface area is 170 Å². The first-order valence-electron chi connectivity index (χ1n) is 8.80. The van der Waals surface area contributed by atoms with Crippen LogP contribution in [0, 0.1) is 5.82 Å². The van der Waals surface area contributed by atoms with Crippen molar-refractivity contribution in [1.29, 1.82) is 0 Å². The van der Waals surface area contributed by atoms with E-state index in [-0.39, 0.29) is 17.2 Å². The number of aromatic nitrogens is 2. The molecule has 5 nitrogen and oxygen atoms in total. The molecule has 0 saturated heterocycles. The standard InChI is InChI=1S/C22H16ClFN2O3/c1-28-19-8-4-6-16(20(19)29-12-13-9-10-14(24)11-17(13)23)21-25-18-7-3-2-5-15(18)22(27)26-21/h2-11H,12H2,1H3,(H,25,26,27). The number of aromatic amines is 1. The third-order valence-electron chi connectivity index (χ3n) is 4.45. The highest BCUT2D eigenvalue weighted by molar-refractivity contribution is 6.31. The average molecular weight is 411 g/mol. The lowest BCUT2D eigenvalue weighted by molar-refractivity contribution is 0.285. The third-order valence-corrected chi connectivity index (χ3v) is 4.81. The first-order chi connectivity index (χ1) is 14.1. The predicted octanol–water partition coefficient (Wildman–Crippen LogP) is 4.97. The number of hydrogen-bond donors (Lipinski definition) is 1. The Morgan fingerprint density at radius 1 is 1.10 bits per heavy atom. The molecule has 0 radical (unpaired) electrons. The van der Waals surface area contributed by atoms with E-state index in [2.05, 4.69) is 9.97 Å². The summed E-state index contributed by atoms with van der Waals surface area (Å²) in [5, 5.41) is 0.762. The quantitative estimate of drug-likeness (QED) is 0.504. The van der Waals surface area contributed by atoms with Crippen LogP contribution in [-0.4, -0.2) is 17.1 Å². The molecule has 0 spiro atoms. The molecule has 0 aliphatic carbocycles. The molecule has 0 fully saturated rings. The van der Waals surface area contributed by atoms with Gasteiger partial charge in [-0.05, 0) is 36.4 Å². The lowest BCUT2D eigenvalue weighted by atomic mass is 10.1. The number of methoxy groups -OCH3 is 1. The number of benzene rings is 3. The third kappa shape index (κ3) is 3.79. The van der Waals surface area contributed by atoms with Crippen LogP contribution in [0.25, 0.3) is 22.3 Å². The van der Waals surface area contributed by atoms with Crippen molar-refractivity contribution in [2.45, 2.75) is 6.61 Å². The number of halogens is 2. The molecular formula is C22H16ClFN2O3. The summed E-state index contributed by atoms with van der Waals surface area (Å²) in [4.78, 5) is 19.8. The van der Waals surface area contributed by atoms with Crippen LogP contribution >= 0.6 is 11.6 Å². The maximum Gasteiger partial charge on any atom is 0.259 e. The topological polar surface area (TPSA) is 64.2 Å². The molecular weight excluding hydrogens is 395 g/mol. The van der Waals surface area contributed by atoms with Gasteiger partial charge in [0.05, 0.1) is 28.6 Å². The summed E-state index contributed by atoms with van der Waals surface area (Å²) in [6.45, 7) is 0.0876. The summed E-state index contributed by atoms with van der Waals surface area (Å²) >= 11 is 6.10. The van der Waals surface area contributed by atoms with Crippen LogP contribution < -0.4 is 15.0 Å². The van der Waals surface area contributed by atoms with Gasteiger partial charge in [-0.3, -0.25) is 4.79 Å². The molecule has 4 rings (SSSR count). The van der Waals surface area contributed by atoms with Crippen LogP contribution in [0.4, 0.5) is 4.39 Å². The molecule has 0 saturated carbocycles. The first-order valence-corrected chi connectivity index (χ1v) is 9.18. The van der Waals surface area contributed by atoms with E-state index in [1.165, 1.54) is 19.2 Å². The van der Waals surface area contributed by atoms with Gasteiger partial charge in [0, 0.05) is 5.56 Å². The minimum atomic E-state index is -0.422. The van der Waals surface area contributed by atoms with Gasteiger partial charge in [-0.2, -0.15) is 0 Å². The second kappa shape index (κ2) is 7.93. The van der Waals surface area contributed by atoms with Crippen LogP contribution in [-0.2, 0) is 6.61 Å². The molecule has 0 amide bonds. The van der Waals surface area contributed by atoms with Crippen molar-refractivity contribution in [3.8, 4) is 22.9 Å². The van der Waals surface area contributed by atoms with Gasteiger partial charge in [0.1, 0.15) is 18.2 Å². The van der Waals surface area contributed by atoms with E-state index in [1.54, 1.807) is 42.5 Å². The SMILES string of the molecule is COc1cccc(-c2nc3ccccc3c(=O)[nH]2)c1OCc1ccc(F)cc1Cl. The summed E-state index contributed by atoms with van der Waals surface area (Å²) in [5.41, 5.74) is 1.50. The molecule has 7 heteroatoms. The molecule has 4 aromatic rings. The Kier molecular flexibility index (Phi) is 5.18. The van der Waals surface area contributed by atoms with E-state index in [4.69, 9.17) is 21.1 Å². The van der Waals surface area contributed by atoms with Gasteiger partial charge in [0.2, 0.25) is 0 Å². The Hall–Kier alpha value is -3.38. The van der Waals surface area contributed by atoms with E-state index in [0.29, 0.717) is 39.4 Å². The monoisotopic (exact) mass is 410 g/mol. The van der Waals surface area contributed by atoms with E-state index < -0.39 is 5.82 Å². The fraction of sp³-hybridized carbons (Fsp3) is 0.0909. The molecule has 146 valence electrons. The van der Waals surface area contributed by atoms with E-state index in [9.17, 15) is 9.18 Å². The first kappa shape index (κ1) is 19.0. The fourth-order valence-corrected chi connectivity index (χ4v) is 3.24. The number of nitrogens with one attached hydrogen (secondary N) is 1. The normalized spacial score (nSPS) is 10.9. The summed E-state index contributed by atoms with van der Waals surface area (Å²) < 4.78 is 24.7. The number of nitrogens with zero attached hydrogens (tertiary/aromatic N) is 1. The molecule has 3 aromatic carbocycles. The van der Waals surface area contributed by atoms with E-state index in [0.717, 1.165) is 0 Å². The molecule has 0 aliphatic heterocycles. The summed E-state index contributed by atoms with van der Waals surface area (Å²) in [5.74, 6) is 0.799. The zero-order chi connectivity index (χ0) is 20.4. The molecule has 1 aromatic heterocycles. The highest BCUT2D eigenvalue weighted by Gasteiger charge is 2.16. The number of ether oxygens (including phenoxy) is 2. The second-order valence-electron chi connectivity index (χ2n) is 6.29. The van der Waals surface area contributed by atoms with Gasteiger partial charge < -0.3 is 14.5 Å². The van der Waals surface area contributed by atoms with Gasteiger partial charge >= 0.3 is 0 Å². The van der Waals surface area contributed by atoms with Crippen molar-refractivity contribution in [2.24, 2.45) is 0 Å². The molecule has 0 atom stereocenters. The van der Waals surface area contributed by atoms with Crippen molar-refractivity contribution in [1.82, 2.24) is 9.97 Å². The van der Waals surface area contributed by atoms with Crippen LogP contribution in [0.5, 0.6) is 11.5 Å². The van der Waals surface area contributed by atoms with Crippen molar-refractivity contribution < 1.29 is 13.9 Å². The molecule has 0 unspecified atom stereocenters. The van der Waals surface area contributed by atoms with Gasteiger partial charge in [0.25, 0.3) is 5.56 Å². The van der Waals surface area contributed by atoms with Gasteiger partial charge in [0.15, 0.2) is 11.5 Å². The maximum atomic E-state index is 13.3. The second-order valence-corrected chi connectivity index (χ2v) is 6.70. The van der Waals surface area contributed by atoms with Gasteiger partial charge in [-0.25, -0.2) is 9.37 Å². The maximum absolute atomic E-state index is 13.3. The average Bonchev–Trinajstić information content (AvgIpc) is 2.73. The van der Waals surface area contributed by atoms with Crippen LogP contribution in [0.1, 0.15) is 5.56 Å². The Bertz CT molecular complexity index is 1260. The summed E-state index contributed by atoms with van der Waals surface area (Å²) in [7, 11) is 1.52. The van der Waals surface area contributed by atoms with E-state index >= 15 is 0 Å². The summed E-state index contributed by atoms with van der Waals surface area (Å²) in [6.07, 6.45) is 0. The highest BCUT2D eigenvalue weighted by Crippen LogP contribution is 2.37. The lowest BCUT2D eigenvalue weighted by Gasteiger charge is -2.15. The number of rotatable bonds is 5. The largest absolute Gasteiger partial charge is 0.493 e. The van der Waals surface area contributed by atoms with Crippen molar-refractivity contribution >= 4 is 22.5 Å². The minimum Gasteiger partial charge on any atom is -0.493 e. The Morgan fingerprint density at radius 3 is 2.72 bits per heavy atom. The molecule has 1 heterocycles. The fourth-order valence-electron chi connectivity index (χ4n) is 3.01. The zero-order valence-electron chi connectivity index (χ0n) is 15.4. The van der Waals surface area contributed by atoms with Gasteiger partial charge in [-0.15, -0.1) is 0 Å². The van der Waals surface area contributed by atoms with Crippen LogP contribution in [0.2, 0.25) is 5.02 Å². The number of H-pyrrole nitrogens is 1. The van der Waals surface area contributed by atoms with Crippen molar-refractivity contribution in [3.63, 3.8) is 0 Å². The van der Waals surface area contributed by atoms with Gasteiger partial charge in [-0.1, -0.05) is 35.9 Å². The molecule has 0 aliphatic rings. The Balaban J connectivity index is 1.78. The number of hydrogen-bond acceptors (Lipinski definition) is 4.